The summed E-state index contributed by atoms with van der Waals surface area (Å²) in [5.74, 6) is -0.132. The van der Waals surface area contributed by atoms with E-state index in [0.29, 0.717) is 38.4 Å². The lowest BCUT2D eigenvalue weighted by molar-refractivity contribution is -0.118. The summed E-state index contributed by atoms with van der Waals surface area (Å²) < 4.78 is 14.6. The van der Waals surface area contributed by atoms with E-state index in [2.05, 4.69) is 106 Å². The van der Waals surface area contributed by atoms with E-state index in [1.54, 1.807) is 0 Å². The van der Waals surface area contributed by atoms with Crippen molar-refractivity contribution in [2.45, 2.75) is 129 Å². The first kappa shape index (κ1) is 38.5. The predicted octanol–water partition coefficient (Wildman–Crippen LogP) is 11.8. The van der Waals surface area contributed by atoms with Crippen molar-refractivity contribution in [2.24, 2.45) is 5.92 Å². The Labute approximate surface area is 290 Å². The molecule has 47 heavy (non-hydrogen) atoms. The molecule has 2 unspecified atom stereocenters. The molecule has 1 heterocycles. The summed E-state index contributed by atoms with van der Waals surface area (Å²) in [7, 11) is -4.66. The van der Waals surface area contributed by atoms with Gasteiger partial charge in [0.25, 0.3) is 16.6 Å². The average molecular weight is 692 g/mol. The van der Waals surface area contributed by atoms with E-state index in [1.165, 1.54) is 11.3 Å². The van der Waals surface area contributed by atoms with Crippen LogP contribution in [0.5, 0.6) is 11.5 Å². The van der Waals surface area contributed by atoms with Gasteiger partial charge in [0.2, 0.25) is 5.91 Å². The predicted molar refractivity (Wildman–Crippen MR) is 203 cm³/mol. The van der Waals surface area contributed by atoms with Crippen molar-refractivity contribution in [3.05, 3.63) is 59.5 Å². The van der Waals surface area contributed by atoms with E-state index in [1.807, 2.05) is 54.8 Å². The zero-order chi connectivity index (χ0) is 35.3. The Morgan fingerprint density at radius 3 is 1.70 bits per heavy atom. The SMILES string of the molecule is CC(c1ccc(O[Si](C(C)C)(C(C)C)C(C)C)c(O[Si](C(C)C)(C(C)C)C(C)C)c1)C(C#N)C(=O)Nc1nc(-c2ccccc2)cs1. The van der Waals surface area contributed by atoms with Gasteiger partial charge in [-0.25, -0.2) is 4.98 Å². The normalized spacial score (nSPS) is 13.8. The number of hydrogen-bond acceptors (Lipinski definition) is 6. The molecule has 0 radical (unpaired) electrons. The number of rotatable bonds is 15. The molecule has 9 heteroatoms. The Morgan fingerprint density at radius 2 is 1.23 bits per heavy atom. The molecule has 1 N–H and O–H groups in total. The molecule has 0 saturated carbocycles. The fourth-order valence-corrected chi connectivity index (χ4v) is 19.1. The number of thiazole rings is 1. The number of carbonyl (C=O) groups excluding carboxylic acids is 1. The Kier molecular flexibility index (Phi) is 13.1. The summed E-state index contributed by atoms with van der Waals surface area (Å²) in [5, 5.41) is 15.6. The third-order valence-corrected chi connectivity index (χ3v) is 22.9. The van der Waals surface area contributed by atoms with E-state index >= 15 is 0 Å². The second kappa shape index (κ2) is 16.0. The summed E-state index contributed by atoms with van der Waals surface area (Å²) in [4.78, 5) is 18.2. The molecule has 0 saturated heterocycles. The number of anilines is 1. The number of benzene rings is 2. The van der Waals surface area contributed by atoms with Crippen LogP contribution in [-0.2, 0) is 4.79 Å². The minimum Gasteiger partial charge on any atom is -0.540 e. The van der Waals surface area contributed by atoms with Crippen molar-refractivity contribution in [1.82, 2.24) is 4.98 Å². The van der Waals surface area contributed by atoms with Crippen molar-refractivity contribution in [3.8, 4) is 28.8 Å². The molecule has 1 aromatic heterocycles. The topological polar surface area (TPSA) is 84.2 Å². The molecule has 0 spiro atoms. The lowest BCUT2D eigenvalue weighted by Gasteiger charge is -2.45. The van der Waals surface area contributed by atoms with Gasteiger partial charge in [0, 0.05) is 16.9 Å². The smallest absolute Gasteiger partial charge is 0.258 e. The molecule has 256 valence electrons. The van der Waals surface area contributed by atoms with Crippen LogP contribution in [0.2, 0.25) is 33.2 Å². The van der Waals surface area contributed by atoms with Crippen LogP contribution >= 0.6 is 11.3 Å². The molecular formula is C38H57N3O3SSi2. The average Bonchev–Trinajstić information content (AvgIpc) is 3.47. The maximum atomic E-state index is 13.6. The van der Waals surface area contributed by atoms with Gasteiger partial charge in [-0.2, -0.15) is 5.26 Å². The van der Waals surface area contributed by atoms with E-state index < -0.39 is 22.6 Å². The Hall–Kier alpha value is -2.94. The maximum Gasteiger partial charge on any atom is 0.258 e. The molecule has 3 rings (SSSR count). The van der Waals surface area contributed by atoms with Crippen LogP contribution in [0, 0.1) is 17.2 Å². The van der Waals surface area contributed by atoms with Gasteiger partial charge in [0.1, 0.15) is 17.4 Å². The van der Waals surface area contributed by atoms with Gasteiger partial charge in [-0.1, -0.05) is 126 Å². The summed E-state index contributed by atoms with van der Waals surface area (Å²) >= 11 is 1.36. The molecule has 2 atom stereocenters. The number of nitrogens with zero attached hydrogens (tertiary/aromatic N) is 2. The van der Waals surface area contributed by atoms with Crippen molar-refractivity contribution >= 4 is 39.0 Å². The van der Waals surface area contributed by atoms with Crippen molar-refractivity contribution in [2.75, 3.05) is 5.32 Å². The van der Waals surface area contributed by atoms with Crippen LogP contribution in [-0.4, -0.2) is 27.5 Å². The first-order chi connectivity index (χ1) is 22.0. The number of carbonyl (C=O) groups is 1. The Balaban J connectivity index is 2.06. The summed E-state index contributed by atoms with van der Waals surface area (Å²) in [6.07, 6.45) is 0. The van der Waals surface area contributed by atoms with Crippen LogP contribution in [0.15, 0.2) is 53.9 Å². The zero-order valence-electron chi connectivity index (χ0n) is 30.8. The number of hydrogen-bond donors (Lipinski definition) is 1. The molecule has 3 aromatic rings. The lowest BCUT2D eigenvalue weighted by Crippen LogP contribution is -2.52. The van der Waals surface area contributed by atoms with Crippen LogP contribution < -0.4 is 14.2 Å². The number of aromatic nitrogens is 1. The molecule has 1 amide bonds. The highest BCUT2D eigenvalue weighted by Crippen LogP contribution is 2.49. The second-order valence-corrected chi connectivity index (χ2v) is 26.4. The number of amides is 1. The van der Waals surface area contributed by atoms with Crippen molar-refractivity contribution in [3.63, 3.8) is 0 Å². The fraction of sp³-hybridized carbons (Fsp3) is 0.553. The summed E-state index contributed by atoms with van der Waals surface area (Å²) in [5.41, 5.74) is 4.96. The van der Waals surface area contributed by atoms with Crippen molar-refractivity contribution < 1.29 is 13.6 Å². The largest absolute Gasteiger partial charge is 0.540 e. The second-order valence-electron chi connectivity index (χ2n) is 14.8. The van der Waals surface area contributed by atoms with Crippen LogP contribution in [0.4, 0.5) is 5.13 Å². The Bertz CT molecular complexity index is 1470. The van der Waals surface area contributed by atoms with Gasteiger partial charge in [-0.15, -0.1) is 11.3 Å². The first-order valence-electron chi connectivity index (χ1n) is 17.3. The van der Waals surface area contributed by atoms with Gasteiger partial charge < -0.3 is 14.2 Å². The molecule has 0 aliphatic heterocycles. The third-order valence-electron chi connectivity index (χ3n) is 10.2. The van der Waals surface area contributed by atoms with Gasteiger partial charge in [0.15, 0.2) is 5.13 Å². The molecule has 0 fully saturated rings. The van der Waals surface area contributed by atoms with E-state index in [9.17, 15) is 10.1 Å². The Morgan fingerprint density at radius 1 is 0.745 bits per heavy atom. The minimum atomic E-state index is -2.36. The highest BCUT2D eigenvalue weighted by Gasteiger charge is 2.50. The van der Waals surface area contributed by atoms with E-state index in [-0.39, 0.29) is 11.8 Å². The highest BCUT2D eigenvalue weighted by molar-refractivity contribution is 7.14. The van der Waals surface area contributed by atoms with Gasteiger partial charge in [-0.05, 0) is 50.9 Å². The fourth-order valence-electron chi connectivity index (χ4n) is 7.91. The number of nitriles is 1. The van der Waals surface area contributed by atoms with Crippen LogP contribution in [0.3, 0.4) is 0 Å². The standard InChI is InChI=1S/C38H57N3O3SSi2/c1-24(2)46(25(3)4,26(5)6)43-35-20-19-32(21-36(35)44-47(27(7)8,28(9)10)29(11)12)30(13)33(22-39)37(42)41-38-40-34(23-45-38)31-17-15-14-16-18-31/h14-21,23-30,33H,1-13H3,(H,40,41,42). The van der Waals surface area contributed by atoms with Gasteiger partial charge in [-0.3, -0.25) is 4.79 Å². The minimum absolute atomic E-state index is 0.363. The molecule has 0 aliphatic carbocycles. The highest BCUT2D eigenvalue weighted by atomic mass is 32.1. The zero-order valence-corrected chi connectivity index (χ0v) is 33.7. The molecular weight excluding hydrogens is 635 g/mol. The van der Waals surface area contributed by atoms with Crippen molar-refractivity contribution in [1.29, 1.82) is 5.26 Å². The molecule has 6 nitrogen and oxygen atoms in total. The van der Waals surface area contributed by atoms with Gasteiger partial charge >= 0.3 is 0 Å². The number of nitrogens with one attached hydrogen (secondary N) is 1. The summed E-state index contributed by atoms with van der Waals surface area (Å²) in [6.45, 7) is 29.4. The first-order valence-corrected chi connectivity index (χ1v) is 22.4. The monoisotopic (exact) mass is 691 g/mol. The maximum absolute atomic E-state index is 13.6. The molecule has 0 aliphatic rings. The molecule has 0 bridgehead atoms. The lowest BCUT2D eigenvalue weighted by atomic mass is 9.87. The van der Waals surface area contributed by atoms with E-state index in [4.69, 9.17) is 8.85 Å². The van der Waals surface area contributed by atoms with Gasteiger partial charge in [0.05, 0.1) is 11.8 Å². The summed E-state index contributed by atoms with van der Waals surface area (Å²) in [6, 6.07) is 18.3. The van der Waals surface area contributed by atoms with Crippen LogP contribution in [0.25, 0.3) is 11.3 Å². The molecule has 2 aromatic carbocycles. The van der Waals surface area contributed by atoms with Crippen LogP contribution in [0.1, 0.15) is 101 Å². The third kappa shape index (κ3) is 8.04. The van der Waals surface area contributed by atoms with E-state index in [0.717, 1.165) is 28.3 Å². The quantitative estimate of drug-likeness (QED) is 0.160.